The van der Waals surface area contributed by atoms with Crippen molar-refractivity contribution < 1.29 is 9.90 Å². The van der Waals surface area contributed by atoms with Crippen LogP contribution in [-0.4, -0.2) is 18.1 Å². The maximum absolute atomic E-state index is 12.2. The highest BCUT2D eigenvalue weighted by Gasteiger charge is 2.57. The van der Waals surface area contributed by atoms with Gasteiger partial charge in [0.15, 0.2) is 0 Å². The van der Waals surface area contributed by atoms with Crippen LogP contribution in [0.1, 0.15) is 37.7 Å². The molecule has 0 aromatic heterocycles. The summed E-state index contributed by atoms with van der Waals surface area (Å²) < 4.78 is 0. The van der Waals surface area contributed by atoms with Gasteiger partial charge in [-0.25, -0.2) is 0 Å². The molecule has 1 aromatic rings. The first kappa shape index (κ1) is 13.2. The van der Waals surface area contributed by atoms with Crippen LogP contribution in [0.25, 0.3) is 0 Å². The number of hydrogen-bond donors (Lipinski definition) is 2. The number of nitrogens with one attached hydrogen (secondary N) is 1. The smallest absolute Gasteiger partial charge is 0.223 e. The summed E-state index contributed by atoms with van der Waals surface area (Å²) in [4.78, 5) is 12.2. The van der Waals surface area contributed by atoms with Crippen LogP contribution in [0.2, 0.25) is 0 Å². The van der Waals surface area contributed by atoms with E-state index in [1.165, 1.54) is 24.8 Å². The average Bonchev–Trinajstić information content (AvgIpc) is 2.46. The number of carbonyl (C=O) groups is 1. The molecule has 0 spiro atoms. The number of phenolic OH excluding ortho intramolecular Hbond substituents is 1. The van der Waals surface area contributed by atoms with Gasteiger partial charge in [0, 0.05) is 13.0 Å². The number of rotatable bonds is 2. The Kier molecular flexibility index (Phi) is 2.82. The molecular weight excluding hydrogens is 262 g/mol. The Morgan fingerprint density at radius 2 is 1.76 bits per heavy atom. The van der Waals surface area contributed by atoms with Crippen molar-refractivity contribution in [2.45, 2.75) is 37.5 Å². The largest absolute Gasteiger partial charge is 0.508 e. The summed E-state index contributed by atoms with van der Waals surface area (Å²) in [5.74, 6) is 2.71. The van der Waals surface area contributed by atoms with E-state index < -0.39 is 0 Å². The Hall–Kier alpha value is -1.51. The molecule has 0 heterocycles. The fraction of sp³-hybridized carbons (Fsp3) is 0.611. The lowest BCUT2D eigenvalue weighted by Gasteiger charge is -2.59. The quantitative estimate of drug-likeness (QED) is 0.878. The molecule has 4 aliphatic rings. The molecule has 4 bridgehead atoms. The number of amides is 1. The summed E-state index contributed by atoms with van der Waals surface area (Å²) in [6, 6.07) is 7.81. The predicted molar refractivity (Wildman–Crippen MR) is 80.9 cm³/mol. The fourth-order valence-corrected chi connectivity index (χ4v) is 5.79. The highest BCUT2D eigenvalue weighted by molar-refractivity contribution is 5.79. The van der Waals surface area contributed by atoms with Crippen LogP contribution in [0.3, 0.4) is 0 Å². The highest BCUT2D eigenvalue weighted by Crippen LogP contribution is 2.62. The van der Waals surface area contributed by atoms with E-state index in [9.17, 15) is 9.90 Å². The standard InChI is InChI=1S/C18H23NO2/c1-19-17(21)16-12-6-11-7-13(16)10-18(8-11,9-12)14-2-4-15(20)5-3-14/h2-5,11-13,16,20H,6-10H2,1H3,(H,19,21). The first-order chi connectivity index (χ1) is 10.1. The molecule has 0 radical (unpaired) electrons. The lowest BCUT2D eigenvalue weighted by Crippen LogP contribution is -2.56. The molecule has 4 aliphatic carbocycles. The number of benzene rings is 1. The van der Waals surface area contributed by atoms with Crippen molar-refractivity contribution in [2.24, 2.45) is 23.7 Å². The summed E-state index contributed by atoms with van der Waals surface area (Å²) in [5, 5.41) is 12.4. The minimum absolute atomic E-state index is 0.233. The van der Waals surface area contributed by atoms with Gasteiger partial charge in [-0.1, -0.05) is 12.1 Å². The van der Waals surface area contributed by atoms with Crippen LogP contribution in [0.5, 0.6) is 5.75 Å². The van der Waals surface area contributed by atoms with Gasteiger partial charge in [-0.2, -0.15) is 0 Å². The SMILES string of the molecule is CNC(=O)C1C2CC3CC1CC(c1ccc(O)cc1)(C3)C2. The molecule has 21 heavy (non-hydrogen) atoms. The molecular formula is C18H23NO2. The van der Waals surface area contributed by atoms with E-state index in [0.717, 1.165) is 18.8 Å². The fourth-order valence-electron chi connectivity index (χ4n) is 5.79. The van der Waals surface area contributed by atoms with Crippen molar-refractivity contribution >= 4 is 5.91 Å². The Bertz CT molecular complexity index is 549. The Labute approximate surface area is 125 Å². The number of phenols is 1. The van der Waals surface area contributed by atoms with Crippen molar-refractivity contribution in [1.82, 2.24) is 5.32 Å². The van der Waals surface area contributed by atoms with E-state index in [4.69, 9.17) is 0 Å². The summed E-state index contributed by atoms with van der Waals surface area (Å²) >= 11 is 0. The van der Waals surface area contributed by atoms with Gasteiger partial charge < -0.3 is 10.4 Å². The second-order valence-electron chi connectivity index (χ2n) is 7.44. The van der Waals surface area contributed by atoms with Crippen LogP contribution in [0, 0.1) is 23.7 Å². The molecule has 112 valence electrons. The van der Waals surface area contributed by atoms with Crippen molar-refractivity contribution in [3.8, 4) is 5.75 Å². The monoisotopic (exact) mass is 285 g/mol. The summed E-state index contributed by atoms with van der Waals surface area (Å²) in [6.45, 7) is 0. The van der Waals surface area contributed by atoms with Gasteiger partial charge in [-0.3, -0.25) is 4.79 Å². The zero-order chi connectivity index (χ0) is 14.6. The molecule has 2 atom stereocenters. The van der Waals surface area contributed by atoms with E-state index in [1.54, 1.807) is 7.05 Å². The minimum atomic E-state index is 0.233. The Balaban J connectivity index is 1.68. The highest BCUT2D eigenvalue weighted by atomic mass is 16.3. The molecule has 4 saturated carbocycles. The van der Waals surface area contributed by atoms with Crippen molar-refractivity contribution in [1.29, 1.82) is 0 Å². The second-order valence-corrected chi connectivity index (χ2v) is 7.44. The number of hydrogen-bond acceptors (Lipinski definition) is 2. The van der Waals surface area contributed by atoms with Gasteiger partial charge in [0.1, 0.15) is 5.75 Å². The second kappa shape index (κ2) is 4.49. The van der Waals surface area contributed by atoms with E-state index in [0.29, 0.717) is 17.6 Å². The summed E-state index contributed by atoms with van der Waals surface area (Å²) in [6.07, 6.45) is 6.01. The van der Waals surface area contributed by atoms with Gasteiger partial charge in [0.05, 0.1) is 0 Å². The first-order valence-electron chi connectivity index (χ1n) is 8.12. The van der Waals surface area contributed by atoms with E-state index >= 15 is 0 Å². The Morgan fingerprint density at radius 1 is 1.14 bits per heavy atom. The van der Waals surface area contributed by atoms with Crippen LogP contribution in [0.4, 0.5) is 0 Å². The third-order valence-corrected chi connectivity index (χ3v) is 6.30. The van der Waals surface area contributed by atoms with Gasteiger partial charge in [-0.15, -0.1) is 0 Å². The van der Waals surface area contributed by atoms with E-state index in [2.05, 4.69) is 17.4 Å². The van der Waals surface area contributed by atoms with Gasteiger partial charge >= 0.3 is 0 Å². The summed E-state index contributed by atoms with van der Waals surface area (Å²) in [5.41, 5.74) is 1.63. The Morgan fingerprint density at radius 3 is 2.33 bits per heavy atom. The van der Waals surface area contributed by atoms with Gasteiger partial charge in [0.25, 0.3) is 0 Å². The topological polar surface area (TPSA) is 49.3 Å². The molecule has 4 fully saturated rings. The molecule has 0 aliphatic heterocycles. The van der Waals surface area contributed by atoms with E-state index in [-0.39, 0.29) is 17.2 Å². The minimum Gasteiger partial charge on any atom is -0.508 e. The zero-order valence-electron chi connectivity index (χ0n) is 12.5. The molecule has 2 N–H and O–H groups in total. The van der Waals surface area contributed by atoms with Crippen molar-refractivity contribution in [3.63, 3.8) is 0 Å². The lowest BCUT2D eigenvalue weighted by molar-refractivity contribution is -0.139. The molecule has 1 aromatic carbocycles. The predicted octanol–water partition coefficient (Wildman–Crippen LogP) is 2.83. The first-order valence-corrected chi connectivity index (χ1v) is 8.12. The van der Waals surface area contributed by atoms with Crippen molar-refractivity contribution in [2.75, 3.05) is 7.05 Å². The average molecular weight is 285 g/mol. The molecule has 1 amide bonds. The van der Waals surface area contributed by atoms with Crippen molar-refractivity contribution in [3.05, 3.63) is 29.8 Å². The normalized spacial score (nSPS) is 40.2. The van der Waals surface area contributed by atoms with Gasteiger partial charge in [-0.05, 0) is 73.0 Å². The van der Waals surface area contributed by atoms with Crippen LogP contribution in [0.15, 0.2) is 24.3 Å². The zero-order valence-corrected chi connectivity index (χ0v) is 12.5. The van der Waals surface area contributed by atoms with Crippen LogP contribution < -0.4 is 5.32 Å². The number of aromatic hydroxyl groups is 1. The molecule has 3 nitrogen and oxygen atoms in total. The lowest BCUT2D eigenvalue weighted by atomic mass is 9.44. The number of carbonyl (C=O) groups excluding carboxylic acids is 1. The van der Waals surface area contributed by atoms with Crippen LogP contribution in [-0.2, 0) is 10.2 Å². The van der Waals surface area contributed by atoms with Gasteiger partial charge in [0.2, 0.25) is 5.91 Å². The molecule has 2 unspecified atom stereocenters. The molecule has 5 rings (SSSR count). The maximum atomic E-state index is 12.2. The summed E-state index contributed by atoms with van der Waals surface area (Å²) in [7, 11) is 1.77. The van der Waals surface area contributed by atoms with E-state index in [1.807, 2.05) is 12.1 Å². The third-order valence-electron chi connectivity index (χ3n) is 6.30. The third kappa shape index (κ3) is 1.90. The molecule has 0 saturated heterocycles. The maximum Gasteiger partial charge on any atom is 0.223 e. The molecule has 3 heteroatoms. The van der Waals surface area contributed by atoms with Crippen LogP contribution >= 0.6 is 0 Å².